The molecule has 4 bridgehead atoms. The average Bonchev–Trinajstić information content (AvgIpc) is 2.68. The number of amides is 1. The molecule has 1 N–H and O–H groups in total. The van der Waals surface area contributed by atoms with Crippen LogP contribution in [0, 0.1) is 23.2 Å². The van der Waals surface area contributed by atoms with E-state index in [9.17, 15) is 4.79 Å². The molecule has 150 valence electrons. The van der Waals surface area contributed by atoms with Crippen molar-refractivity contribution in [3.63, 3.8) is 0 Å². The third-order valence-corrected chi connectivity index (χ3v) is 7.90. The summed E-state index contributed by atoms with van der Waals surface area (Å²) in [4.78, 5) is 23.6. The van der Waals surface area contributed by atoms with Crippen LogP contribution in [0.2, 0.25) is 0 Å². The standard InChI is InChI=1S/C23H32N4O/c1-16(23-13-17-10-18(14-23)12-19(11-17)15-23)9-21(28)26-20-3-7-27(8-4-20)22-24-5-2-6-25-22/h2,5-6,9,17-20H,3-4,7-8,10-15H2,1H3,(H,26,28)/b16-9+. The first-order valence-corrected chi connectivity index (χ1v) is 11.1. The van der Waals surface area contributed by atoms with Crippen LogP contribution in [0.25, 0.3) is 0 Å². The van der Waals surface area contributed by atoms with Crippen LogP contribution < -0.4 is 10.2 Å². The minimum absolute atomic E-state index is 0.114. The Morgan fingerprint density at radius 1 is 1.07 bits per heavy atom. The zero-order valence-electron chi connectivity index (χ0n) is 16.9. The number of hydrogen-bond donors (Lipinski definition) is 1. The lowest BCUT2D eigenvalue weighted by molar-refractivity contribution is -0.117. The zero-order valence-corrected chi connectivity index (χ0v) is 16.9. The molecule has 4 aliphatic carbocycles. The van der Waals surface area contributed by atoms with Crippen molar-refractivity contribution >= 4 is 11.9 Å². The summed E-state index contributed by atoms with van der Waals surface area (Å²) in [5, 5.41) is 3.27. The molecule has 1 aromatic heterocycles. The van der Waals surface area contributed by atoms with Gasteiger partial charge in [0, 0.05) is 37.6 Å². The molecule has 5 heteroatoms. The molecule has 1 aliphatic heterocycles. The van der Waals surface area contributed by atoms with Gasteiger partial charge in [-0.3, -0.25) is 4.79 Å². The number of piperidine rings is 1. The Morgan fingerprint density at radius 2 is 1.64 bits per heavy atom. The van der Waals surface area contributed by atoms with Crippen molar-refractivity contribution in [1.29, 1.82) is 0 Å². The van der Waals surface area contributed by atoms with Gasteiger partial charge in [-0.05, 0) is 87.5 Å². The zero-order chi connectivity index (χ0) is 19.1. The Hall–Kier alpha value is -1.91. The van der Waals surface area contributed by atoms with Gasteiger partial charge in [-0.1, -0.05) is 5.57 Å². The fourth-order valence-corrected chi connectivity index (χ4v) is 6.86. The van der Waals surface area contributed by atoms with Crippen molar-refractivity contribution in [1.82, 2.24) is 15.3 Å². The van der Waals surface area contributed by atoms with E-state index in [-0.39, 0.29) is 11.9 Å². The fraction of sp³-hybridized carbons (Fsp3) is 0.696. The van der Waals surface area contributed by atoms with Gasteiger partial charge in [-0.2, -0.15) is 0 Å². The van der Waals surface area contributed by atoms with Crippen LogP contribution in [-0.4, -0.2) is 35.0 Å². The predicted molar refractivity (Wildman–Crippen MR) is 110 cm³/mol. The van der Waals surface area contributed by atoms with E-state index in [0.717, 1.165) is 49.6 Å². The lowest BCUT2D eigenvalue weighted by Gasteiger charge is -2.57. The molecule has 4 saturated carbocycles. The summed E-state index contributed by atoms with van der Waals surface area (Å²) in [5.74, 6) is 3.67. The molecule has 0 radical (unpaired) electrons. The van der Waals surface area contributed by atoms with Crippen molar-refractivity contribution < 1.29 is 4.79 Å². The fourth-order valence-electron chi connectivity index (χ4n) is 6.86. The highest BCUT2D eigenvalue weighted by Gasteiger charge is 2.51. The maximum absolute atomic E-state index is 12.7. The summed E-state index contributed by atoms with van der Waals surface area (Å²) >= 11 is 0. The van der Waals surface area contributed by atoms with Gasteiger partial charge < -0.3 is 10.2 Å². The third kappa shape index (κ3) is 3.44. The molecule has 5 aliphatic rings. The molecule has 0 atom stereocenters. The minimum atomic E-state index is 0.114. The van der Waals surface area contributed by atoms with Gasteiger partial charge in [0.05, 0.1) is 0 Å². The second-order valence-corrected chi connectivity index (χ2v) is 9.84. The number of rotatable bonds is 4. The summed E-state index contributed by atoms with van der Waals surface area (Å²) in [5.41, 5.74) is 1.68. The summed E-state index contributed by atoms with van der Waals surface area (Å²) in [6.07, 6.45) is 15.7. The Bertz CT molecular complexity index is 716. The van der Waals surface area contributed by atoms with Gasteiger partial charge in [0.1, 0.15) is 0 Å². The number of hydrogen-bond acceptors (Lipinski definition) is 4. The molecule has 1 aromatic rings. The molecule has 0 aromatic carbocycles. The van der Waals surface area contributed by atoms with E-state index in [2.05, 4.69) is 27.1 Å². The molecule has 1 amide bonds. The topological polar surface area (TPSA) is 58.1 Å². The summed E-state index contributed by atoms with van der Waals surface area (Å²) in [6.45, 7) is 4.02. The number of nitrogens with one attached hydrogen (secondary N) is 1. The van der Waals surface area contributed by atoms with Crippen LogP contribution in [0.3, 0.4) is 0 Å². The van der Waals surface area contributed by atoms with Gasteiger partial charge in [0.15, 0.2) is 0 Å². The lowest BCUT2D eigenvalue weighted by atomic mass is 9.48. The molecule has 0 unspecified atom stereocenters. The SMILES string of the molecule is C/C(=C\C(=O)NC1CCN(c2ncccn2)CC1)C12CC3CC(CC(C3)C1)C2. The number of aromatic nitrogens is 2. The van der Waals surface area contributed by atoms with Crippen molar-refractivity contribution in [2.24, 2.45) is 23.2 Å². The maximum atomic E-state index is 12.7. The highest BCUT2D eigenvalue weighted by molar-refractivity contribution is 5.88. The van der Waals surface area contributed by atoms with Gasteiger partial charge >= 0.3 is 0 Å². The average molecular weight is 381 g/mol. The summed E-state index contributed by atoms with van der Waals surface area (Å²) in [6, 6.07) is 2.10. The van der Waals surface area contributed by atoms with E-state index in [1.807, 2.05) is 12.1 Å². The molecule has 5 fully saturated rings. The third-order valence-electron chi connectivity index (χ3n) is 7.90. The van der Waals surface area contributed by atoms with Crippen LogP contribution >= 0.6 is 0 Å². The van der Waals surface area contributed by atoms with Gasteiger partial charge in [0.25, 0.3) is 0 Å². The Labute approximate surface area is 168 Å². The number of carbonyl (C=O) groups is 1. The Morgan fingerprint density at radius 3 is 2.21 bits per heavy atom. The Balaban J connectivity index is 1.18. The molecule has 28 heavy (non-hydrogen) atoms. The first-order valence-electron chi connectivity index (χ1n) is 11.1. The molecular formula is C23H32N4O. The van der Waals surface area contributed by atoms with E-state index in [0.29, 0.717) is 5.41 Å². The highest BCUT2D eigenvalue weighted by Crippen LogP contribution is 2.62. The largest absolute Gasteiger partial charge is 0.350 e. The summed E-state index contributed by atoms with van der Waals surface area (Å²) in [7, 11) is 0. The van der Waals surface area contributed by atoms with E-state index >= 15 is 0 Å². The van der Waals surface area contributed by atoms with Crippen molar-refractivity contribution in [2.45, 2.75) is 64.3 Å². The van der Waals surface area contributed by atoms with Crippen LogP contribution in [-0.2, 0) is 4.79 Å². The maximum Gasteiger partial charge on any atom is 0.244 e. The smallest absolute Gasteiger partial charge is 0.244 e. The van der Waals surface area contributed by atoms with Gasteiger partial charge in [-0.15, -0.1) is 0 Å². The number of anilines is 1. The van der Waals surface area contributed by atoms with Crippen molar-refractivity contribution in [3.8, 4) is 0 Å². The van der Waals surface area contributed by atoms with Crippen LogP contribution in [0.15, 0.2) is 30.1 Å². The van der Waals surface area contributed by atoms with Crippen molar-refractivity contribution in [2.75, 3.05) is 18.0 Å². The predicted octanol–water partition coefficient (Wildman–Crippen LogP) is 3.72. The second kappa shape index (κ2) is 7.16. The van der Waals surface area contributed by atoms with Crippen LogP contribution in [0.5, 0.6) is 0 Å². The van der Waals surface area contributed by atoms with E-state index in [1.54, 1.807) is 12.4 Å². The summed E-state index contributed by atoms with van der Waals surface area (Å²) < 4.78 is 0. The first kappa shape index (κ1) is 18.1. The highest BCUT2D eigenvalue weighted by atomic mass is 16.1. The van der Waals surface area contributed by atoms with Gasteiger partial charge in [-0.25, -0.2) is 9.97 Å². The van der Waals surface area contributed by atoms with E-state index in [4.69, 9.17) is 0 Å². The van der Waals surface area contributed by atoms with Gasteiger partial charge in [0.2, 0.25) is 11.9 Å². The molecule has 0 spiro atoms. The first-order chi connectivity index (χ1) is 13.6. The Kier molecular flexibility index (Phi) is 4.64. The molecule has 5 nitrogen and oxygen atoms in total. The quantitative estimate of drug-likeness (QED) is 0.809. The van der Waals surface area contributed by atoms with Crippen molar-refractivity contribution in [3.05, 3.63) is 30.1 Å². The number of carbonyl (C=O) groups excluding carboxylic acids is 1. The normalized spacial score (nSPS) is 35.2. The lowest BCUT2D eigenvalue weighted by Crippen LogP contribution is -2.47. The van der Waals surface area contributed by atoms with E-state index in [1.165, 1.54) is 44.1 Å². The second-order valence-electron chi connectivity index (χ2n) is 9.84. The molecule has 6 rings (SSSR count). The monoisotopic (exact) mass is 380 g/mol. The molecular weight excluding hydrogens is 348 g/mol. The molecule has 2 heterocycles. The van der Waals surface area contributed by atoms with E-state index < -0.39 is 0 Å². The minimum Gasteiger partial charge on any atom is -0.350 e. The number of allylic oxidation sites excluding steroid dienone is 1. The van der Waals surface area contributed by atoms with Crippen LogP contribution in [0.4, 0.5) is 5.95 Å². The molecule has 1 saturated heterocycles. The number of nitrogens with zero attached hydrogens (tertiary/aromatic N) is 3. The van der Waals surface area contributed by atoms with Crippen LogP contribution in [0.1, 0.15) is 58.3 Å².